The second kappa shape index (κ2) is 5.45. The van der Waals surface area contributed by atoms with E-state index < -0.39 is 5.97 Å². The number of nitrogens with two attached hydrogens (primary N) is 1. The third kappa shape index (κ3) is 3.16. The summed E-state index contributed by atoms with van der Waals surface area (Å²) in [5.74, 6) is 0.924. The van der Waals surface area contributed by atoms with Crippen molar-refractivity contribution in [3.05, 3.63) is 23.8 Å². The van der Waals surface area contributed by atoms with Crippen molar-refractivity contribution < 1.29 is 9.90 Å². The largest absolute Gasteiger partial charge is 0.478 e. The zero-order chi connectivity index (χ0) is 12.3. The zero-order valence-corrected chi connectivity index (χ0v) is 10.5. The Kier molecular flexibility index (Phi) is 3.94. The van der Waals surface area contributed by atoms with Gasteiger partial charge in [-0.3, -0.25) is 0 Å². The summed E-state index contributed by atoms with van der Waals surface area (Å²) in [5, 5.41) is 8.93. The molecule has 0 radical (unpaired) electrons. The summed E-state index contributed by atoms with van der Waals surface area (Å²) < 4.78 is 0. The minimum atomic E-state index is -0.896. The van der Waals surface area contributed by atoms with Crippen molar-refractivity contribution in [2.75, 3.05) is 11.5 Å². The molecule has 1 saturated carbocycles. The SMILES string of the molecule is Nc1ccc(C(=O)O)cc1SCC1CCCC1. The van der Waals surface area contributed by atoms with Gasteiger partial charge in [0.25, 0.3) is 0 Å². The summed E-state index contributed by atoms with van der Waals surface area (Å²) in [6, 6.07) is 4.91. The maximum atomic E-state index is 10.9. The highest BCUT2D eigenvalue weighted by Crippen LogP contribution is 2.33. The molecule has 0 heterocycles. The fraction of sp³-hybridized carbons (Fsp3) is 0.462. The Labute approximate surface area is 105 Å². The second-order valence-electron chi connectivity index (χ2n) is 4.52. The molecular weight excluding hydrogens is 234 g/mol. The number of thioether (sulfide) groups is 1. The minimum absolute atomic E-state index is 0.313. The molecule has 2 rings (SSSR count). The van der Waals surface area contributed by atoms with Crippen LogP contribution in [0, 0.1) is 5.92 Å². The van der Waals surface area contributed by atoms with Crippen LogP contribution in [0.2, 0.25) is 0 Å². The first-order valence-electron chi connectivity index (χ1n) is 5.92. The Morgan fingerprint density at radius 3 is 2.76 bits per heavy atom. The standard InChI is InChI=1S/C13H17NO2S/c14-11-6-5-10(13(15)16)7-12(11)17-8-9-3-1-2-4-9/h5-7,9H,1-4,8,14H2,(H,15,16). The van der Waals surface area contributed by atoms with Crippen molar-refractivity contribution in [2.24, 2.45) is 5.92 Å². The molecule has 1 aliphatic rings. The number of aromatic carboxylic acids is 1. The van der Waals surface area contributed by atoms with Gasteiger partial charge in [0, 0.05) is 16.3 Å². The Balaban J connectivity index is 2.03. The summed E-state index contributed by atoms with van der Waals surface area (Å²) in [7, 11) is 0. The molecule has 0 spiro atoms. The van der Waals surface area contributed by atoms with E-state index in [1.807, 2.05) is 0 Å². The molecule has 0 amide bonds. The van der Waals surface area contributed by atoms with Crippen LogP contribution >= 0.6 is 11.8 Å². The predicted molar refractivity (Wildman–Crippen MR) is 70.5 cm³/mol. The van der Waals surface area contributed by atoms with Crippen molar-refractivity contribution in [3.63, 3.8) is 0 Å². The van der Waals surface area contributed by atoms with Gasteiger partial charge in [0.05, 0.1) is 5.56 Å². The van der Waals surface area contributed by atoms with Crippen LogP contribution in [0.5, 0.6) is 0 Å². The Morgan fingerprint density at radius 1 is 1.41 bits per heavy atom. The van der Waals surface area contributed by atoms with E-state index in [1.165, 1.54) is 25.7 Å². The van der Waals surface area contributed by atoms with E-state index in [2.05, 4.69) is 0 Å². The van der Waals surface area contributed by atoms with Gasteiger partial charge in [-0.1, -0.05) is 12.8 Å². The highest BCUT2D eigenvalue weighted by molar-refractivity contribution is 7.99. The quantitative estimate of drug-likeness (QED) is 0.637. The first-order chi connectivity index (χ1) is 8.16. The van der Waals surface area contributed by atoms with E-state index in [0.29, 0.717) is 11.3 Å². The number of hydrogen-bond acceptors (Lipinski definition) is 3. The van der Waals surface area contributed by atoms with Gasteiger partial charge in [-0.25, -0.2) is 4.79 Å². The molecule has 1 aromatic carbocycles. The number of carboxylic acids is 1. The molecule has 0 aliphatic heterocycles. The molecular formula is C13H17NO2S. The average Bonchev–Trinajstić information content (AvgIpc) is 2.80. The molecule has 92 valence electrons. The Bertz CT molecular complexity index is 414. The number of hydrogen-bond donors (Lipinski definition) is 2. The lowest BCUT2D eigenvalue weighted by Gasteiger charge is -2.10. The summed E-state index contributed by atoms with van der Waals surface area (Å²) in [6.45, 7) is 0. The number of rotatable bonds is 4. The highest BCUT2D eigenvalue weighted by atomic mass is 32.2. The minimum Gasteiger partial charge on any atom is -0.478 e. The van der Waals surface area contributed by atoms with Gasteiger partial charge in [-0.05, 0) is 37.0 Å². The molecule has 0 bridgehead atoms. The first kappa shape index (κ1) is 12.3. The first-order valence-corrected chi connectivity index (χ1v) is 6.91. The molecule has 1 aromatic rings. The maximum Gasteiger partial charge on any atom is 0.335 e. The van der Waals surface area contributed by atoms with Crippen LogP contribution in [-0.4, -0.2) is 16.8 Å². The van der Waals surface area contributed by atoms with Crippen LogP contribution in [-0.2, 0) is 0 Å². The van der Waals surface area contributed by atoms with E-state index in [9.17, 15) is 4.79 Å². The normalized spacial score (nSPS) is 16.2. The topological polar surface area (TPSA) is 63.3 Å². The van der Waals surface area contributed by atoms with E-state index in [1.54, 1.807) is 30.0 Å². The number of nitrogen functional groups attached to an aromatic ring is 1. The van der Waals surface area contributed by atoms with Crippen LogP contribution in [0.1, 0.15) is 36.0 Å². The van der Waals surface area contributed by atoms with Gasteiger partial charge in [0.1, 0.15) is 0 Å². The summed E-state index contributed by atoms with van der Waals surface area (Å²) in [6.07, 6.45) is 5.25. The molecule has 1 aliphatic carbocycles. The second-order valence-corrected chi connectivity index (χ2v) is 5.58. The van der Waals surface area contributed by atoms with Crippen LogP contribution in [0.4, 0.5) is 5.69 Å². The van der Waals surface area contributed by atoms with Crippen LogP contribution in [0.15, 0.2) is 23.1 Å². The summed E-state index contributed by atoms with van der Waals surface area (Å²) >= 11 is 1.69. The van der Waals surface area contributed by atoms with Crippen molar-refractivity contribution in [1.29, 1.82) is 0 Å². The van der Waals surface area contributed by atoms with E-state index in [-0.39, 0.29) is 0 Å². The third-order valence-electron chi connectivity index (χ3n) is 3.21. The Hall–Kier alpha value is -1.16. The van der Waals surface area contributed by atoms with E-state index >= 15 is 0 Å². The van der Waals surface area contributed by atoms with Crippen molar-refractivity contribution in [1.82, 2.24) is 0 Å². The van der Waals surface area contributed by atoms with Crippen LogP contribution in [0.3, 0.4) is 0 Å². The molecule has 3 N–H and O–H groups in total. The van der Waals surface area contributed by atoms with E-state index in [0.717, 1.165) is 16.6 Å². The zero-order valence-electron chi connectivity index (χ0n) is 9.69. The molecule has 3 nitrogen and oxygen atoms in total. The van der Waals surface area contributed by atoms with E-state index in [4.69, 9.17) is 10.8 Å². The van der Waals surface area contributed by atoms with Gasteiger partial charge in [0.15, 0.2) is 0 Å². The lowest BCUT2D eigenvalue weighted by molar-refractivity contribution is 0.0696. The summed E-state index contributed by atoms with van der Waals surface area (Å²) in [5.41, 5.74) is 6.85. The average molecular weight is 251 g/mol. The highest BCUT2D eigenvalue weighted by Gasteiger charge is 2.16. The monoisotopic (exact) mass is 251 g/mol. The fourth-order valence-corrected chi connectivity index (χ4v) is 3.37. The van der Waals surface area contributed by atoms with Gasteiger partial charge in [-0.2, -0.15) is 0 Å². The maximum absolute atomic E-state index is 10.9. The Morgan fingerprint density at radius 2 is 2.12 bits per heavy atom. The lowest BCUT2D eigenvalue weighted by Crippen LogP contribution is -2.00. The molecule has 0 atom stereocenters. The molecule has 0 aromatic heterocycles. The number of carboxylic acid groups (broad SMARTS) is 1. The number of anilines is 1. The molecule has 1 fully saturated rings. The van der Waals surface area contributed by atoms with Crippen molar-refractivity contribution in [2.45, 2.75) is 30.6 Å². The van der Waals surface area contributed by atoms with Gasteiger partial charge in [-0.15, -0.1) is 11.8 Å². The third-order valence-corrected chi connectivity index (χ3v) is 4.51. The predicted octanol–water partition coefficient (Wildman–Crippen LogP) is 3.25. The molecule has 0 saturated heterocycles. The number of carbonyl (C=O) groups is 1. The summed E-state index contributed by atoms with van der Waals surface area (Å²) in [4.78, 5) is 11.8. The van der Waals surface area contributed by atoms with Crippen LogP contribution < -0.4 is 5.73 Å². The lowest BCUT2D eigenvalue weighted by atomic mass is 10.1. The number of benzene rings is 1. The van der Waals surface area contributed by atoms with Crippen molar-refractivity contribution in [3.8, 4) is 0 Å². The molecule has 0 unspecified atom stereocenters. The van der Waals surface area contributed by atoms with Gasteiger partial charge >= 0.3 is 5.97 Å². The fourth-order valence-electron chi connectivity index (χ4n) is 2.18. The van der Waals surface area contributed by atoms with Crippen LogP contribution in [0.25, 0.3) is 0 Å². The van der Waals surface area contributed by atoms with Crippen molar-refractivity contribution >= 4 is 23.4 Å². The smallest absolute Gasteiger partial charge is 0.335 e. The van der Waals surface area contributed by atoms with Gasteiger partial charge < -0.3 is 10.8 Å². The molecule has 17 heavy (non-hydrogen) atoms. The van der Waals surface area contributed by atoms with Gasteiger partial charge in [0.2, 0.25) is 0 Å². The molecule has 4 heteroatoms.